The number of aliphatic hydroxyl groups excluding tert-OH is 1. The molecule has 4 aliphatic rings. The number of nitriles is 1. The normalized spacial score (nSPS) is 25.4. The Morgan fingerprint density at radius 2 is 1.91 bits per heavy atom. The van der Waals surface area contributed by atoms with Crippen LogP contribution in [0.4, 0.5) is 4.79 Å². The molecule has 2 N–H and O–H groups in total. The minimum absolute atomic E-state index is 0.0108. The van der Waals surface area contributed by atoms with Gasteiger partial charge in [0, 0.05) is 12.6 Å². The summed E-state index contributed by atoms with van der Waals surface area (Å²) in [6.07, 6.45) is 5.98. The Balaban J connectivity index is 1.12. The van der Waals surface area contributed by atoms with E-state index in [4.69, 9.17) is 14.0 Å². The molecule has 3 saturated carbocycles. The molecule has 7 rings (SSSR count). The molecule has 5 atom stereocenters. The molecule has 3 aromatic rings. The second-order valence-electron chi connectivity index (χ2n) is 13.3. The first-order chi connectivity index (χ1) is 21.7. The number of nitrogens with one attached hydrogen (secondary N) is 1. The van der Waals surface area contributed by atoms with Gasteiger partial charge >= 0.3 is 13.2 Å². The zero-order valence-electron chi connectivity index (χ0n) is 26.1. The van der Waals surface area contributed by atoms with Gasteiger partial charge in [-0.1, -0.05) is 62.4 Å². The van der Waals surface area contributed by atoms with Crippen molar-refractivity contribution >= 4 is 24.9 Å². The molecule has 232 valence electrons. The number of hydrogen-bond donors (Lipinski definition) is 2. The summed E-state index contributed by atoms with van der Waals surface area (Å²) >= 11 is 0. The quantitative estimate of drug-likeness (QED) is 0.222. The van der Waals surface area contributed by atoms with Gasteiger partial charge in [0.1, 0.15) is 6.07 Å². The van der Waals surface area contributed by atoms with E-state index in [2.05, 4.69) is 37.1 Å². The first kappa shape index (κ1) is 31.0. The molecule has 4 fully saturated rings. The molecular formula is C36H40BN3O5. The number of alkyl carbamates (subject to hydrolysis) is 1. The second kappa shape index (κ2) is 12.8. The van der Waals surface area contributed by atoms with Crippen LogP contribution in [0, 0.1) is 28.6 Å². The molecular weight excluding hydrogens is 565 g/mol. The summed E-state index contributed by atoms with van der Waals surface area (Å²) in [7, 11) is -0.577. The van der Waals surface area contributed by atoms with E-state index in [1.165, 1.54) is 0 Å². The minimum atomic E-state index is -0.577. The highest BCUT2D eigenvalue weighted by Crippen LogP contribution is 2.65. The van der Waals surface area contributed by atoms with Crippen LogP contribution in [0.25, 0.3) is 11.6 Å². The Kier molecular flexibility index (Phi) is 8.83. The summed E-state index contributed by atoms with van der Waals surface area (Å²) in [5.41, 5.74) is 4.25. The van der Waals surface area contributed by atoms with Crippen LogP contribution < -0.4 is 5.32 Å². The van der Waals surface area contributed by atoms with Gasteiger partial charge in [-0.25, -0.2) is 4.79 Å². The number of allylic oxidation sites excluding steroid dienone is 1. The SMILES string of the molecule is CC1(C)[C@@H]2C[C@H]3OB([C@H](Cc4ccccc4)NC(=O)OCCc4cc(C=C(C#N)c5ccccn5)cc(CO)c4)O[C@@]3(C)[C@H]1C2. The van der Waals surface area contributed by atoms with Gasteiger partial charge in [-0.15, -0.1) is 0 Å². The van der Waals surface area contributed by atoms with E-state index in [1.54, 1.807) is 24.4 Å². The summed E-state index contributed by atoms with van der Waals surface area (Å²) in [6.45, 7) is 6.83. The summed E-state index contributed by atoms with van der Waals surface area (Å²) < 4.78 is 18.9. The Morgan fingerprint density at radius 3 is 2.62 bits per heavy atom. The van der Waals surface area contributed by atoms with Crippen molar-refractivity contribution < 1.29 is 23.9 Å². The van der Waals surface area contributed by atoms with Crippen LogP contribution >= 0.6 is 0 Å². The van der Waals surface area contributed by atoms with Gasteiger partial charge in [0.25, 0.3) is 0 Å². The van der Waals surface area contributed by atoms with E-state index in [1.807, 2.05) is 54.6 Å². The number of ether oxygens (including phenoxy) is 1. The Morgan fingerprint density at radius 1 is 1.13 bits per heavy atom. The lowest BCUT2D eigenvalue weighted by Crippen LogP contribution is -2.65. The van der Waals surface area contributed by atoms with Crippen LogP contribution in [-0.2, 0) is 33.5 Å². The number of carbonyl (C=O) groups excluding carboxylic acids is 1. The van der Waals surface area contributed by atoms with E-state index in [-0.39, 0.29) is 30.3 Å². The van der Waals surface area contributed by atoms with Crippen LogP contribution in [0.2, 0.25) is 0 Å². The third kappa shape index (κ3) is 6.41. The molecule has 1 aromatic heterocycles. The zero-order chi connectivity index (χ0) is 31.6. The number of hydrogen-bond acceptors (Lipinski definition) is 7. The van der Waals surface area contributed by atoms with Crippen molar-refractivity contribution in [3.63, 3.8) is 0 Å². The smallest absolute Gasteiger partial charge is 0.449 e. The lowest BCUT2D eigenvalue weighted by molar-refractivity contribution is -0.199. The Hall–Kier alpha value is -3.97. The molecule has 2 aromatic carbocycles. The second-order valence-corrected chi connectivity index (χ2v) is 13.3. The molecule has 9 heteroatoms. The van der Waals surface area contributed by atoms with Crippen LogP contribution in [0.1, 0.15) is 61.6 Å². The number of rotatable bonds is 10. The number of nitrogens with zero attached hydrogens (tertiary/aromatic N) is 2. The summed E-state index contributed by atoms with van der Waals surface area (Å²) in [5, 5.41) is 22.6. The van der Waals surface area contributed by atoms with Crippen molar-refractivity contribution in [2.24, 2.45) is 17.3 Å². The number of aliphatic hydroxyl groups is 1. The molecule has 2 bridgehead atoms. The van der Waals surface area contributed by atoms with Gasteiger partial charge in [-0.3, -0.25) is 4.98 Å². The molecule has 45 heavy (non-hydrogen) atoms. The minimum Gasteiger partial charge on any atom is -0.449 e. The highest BCUT2D eigenvalue weighted by Gasteiger charge is 2.68. The van der Waals surface area contributed by atoms with Crippen molar-refractivity contribution in [2.75, 3.05) is 6.61 Å². The first-order valence-electron chi connectivity index (χ1n) is 15.8. The number of carbonyl (C=O) groups is 1. The van der Waals surface area contributed by atoms with Gasteiger partial charge < -0.3 is 24.5 Å². The van der Waals surface area contributed by atoms with Gasteiger partial charge in [-0.2, -0.15) is 5.26 Å². The highest BCUT2D eigenvalue weighted by molar-refractivity contribution is 6.47. The molecule has 1 aliphatic heterocycles. The third-order valence-corrected chi connectivity index (χ3v) is 10.2. The lowest BCUT2D eigenvalue weighted by Gasteiger charge is -2.64. The average Bonchev–Trinajstić information content (AvgIpc) is 3.41. The van der Waals surface area contributed by atoms with Gasteiger partial charge in [0.05, 0.1) is 42.1 Å². The largest absolute Gasteiger partial charge is 0.482 e. The van der Waals surface area contributed by atoms with E-state index >= 15 is 0 Å². The predicted octanol–water partition coefficient (Wildman–Crippen LogP) is 5.79. The van der Waals surface area contributed by atoms with Crippen molar-refractivity contribution in [2.45, 2.75) is 70.7 Å². The van der Waals surface area contributed by atoms with Crippen molar-refractivity contribution in [3.8, 4) is 6.07 Å². The number of amides is 1. The predicted molar refractivity (Wildman–Crippen MR) is 172 cm³/mol. The maximum Gasteiger partial charge on any atom is 0.482 e. The molecule has 8 nitrogen and oxygen atoms in total. The van der Waals surface area contributed by atoms with E-state index in [0.29, 0.717) is 41.5 Å². The summed E-state index contributed by atoms with van der Waals surface area (Å²) in [6, 6.07) is 23.3. The molecule has 3 aliphatic carbocycles. The monoisotopic (exact) mass is 605 g/mol. The first-order valence-corrected chi connectivity index (χ1v) is 15.8. The maximum absolute atomic E-state index is 13.2. The summed E-state index contributed by atoms with van der Waals surface area (Å²) in [4.78, 5) is 17.4. The Labute approximate surface area is 265 Å². The molecule has 2 heterocycles. The fourth-order valence-electron chi connectivity index (χ4n) is 7.57. The fourth-order valence-corrected chi connectivity index (χ4v) is 7.57. The molecule has 1 amide bonds. The van der Waals surface area contributed by atoms with E-state index < -0.39 is 19.2 Å². The van der Waals surface area contributed by atoms with E-state index in [9.17, 15) is 15.2 Å². The third-order valence-electron chi connectivity index (χ3n) is 10.2. The van der Waals surface area contributed by atoms with Crippen LogP contribution in [0.5, 0.6) is 0 Å². The topological polar surface area (TPSA) is 114 Å². The number of pyridine rings is 1. The Bertz CT molecular complexity index is 1590. The average molecular weight is 606 g/mol. The van der Waals surface area contributed by atoms with Crippen LogP contribution in [0.3, 0.4) is 0 Å². The molecule has 0 spiro atoms. The molecule has 1 saturated heterocycles. The molecule has 0 radical (unpaired) electrons. The van der Waals surface area contributed by atoms with Crippen molar-refractivity contribution in [3.05, 3.63) is 101 Å². The van der Waals surface area contributed by atoms with Crippen molar-refractivity contribution in [1.29, 1.82) is 5.26 Å². The van der Waals surface area contributed by atoms with Crippen LogP contribution in [-0.4, -0.2) is 47.6 Å². The standard InChI is InChI=1S/C36H40BN3O5/c1-35(2)29-20-31(35)36(3)32(21-29)44-37(45-36)33(19-24-9-5-4-6-10-24)40-34(42)43-14-12-25-15-26(17-27(16-25)23-41)18-28(22-38)30-11-7-8-13-39-30/h4-11,13,15-18,29,31-33,41H,12,14,19-21,23H2,1-3H3,(H,40,42)/t29-,31-,32+,33-,36-/m0/s1. The van der Waals surface area contributed by atoms with Crippen molar-refractivity contribution in [1.82, 2.24) is 10.3 Å². The van der Waals surface area contributed by atoms with Crippen LogP contribution in [0.15, 0.2) is 72.9 Å². The number of benzene rings is 2. The van der Waals surface area contributed by atoms with Gasteiger partial charge in [-0.05, 0) is 90.0 Å². The molecule has 0 unspecified atom stereocenters. The number of aromatic nitrogens is 1. The highest BCUT2D eigenvalue weighted by atomic mass is 16.7. The maximum atomic E-state index is 13.2. The fraction of sp³-hybridized carbons (Fsp3) is 0.417. The van der Waals surface area contributed by atoms with Gasteiger partial charge in [0.15, 0.2) is 0 Å². The zero-order valence-corrected chi connectivity index (χ0v) is 26.1. The lowest BCUT2D eigenvalue weighted by atomic mass is 9.43. The van der Waals surface area contributed by atoms with Gasteiger partial charge in [0.2, 0.25) is 0 Å². The van der Waals surface area contributed by atoms with E-state index in [0.717, 1.165) is 29.5 Å². The summed E-state index contributed by atoms with van der Waals surface area (Å²) in [5.74, 6) is 0.633.